The molecule has 0 aliphatic carbocycles. The number of fused-ring (bicyclic) bond motifs is 1. The summed E-state index contributed by atoms with van der Waals surface area (Å²) in [6.45, 7) is -0.438. The van der Waals surface area contributed by atoms with Crippen molar-refractivity contribution in [2.45, 2.75) is 0 Å². The molecule has 1 aliphatic rings. The van der Waals surface area contributed by atoms with Gasteiger partial charge in [0.1, 0.15) is 5.82 Å². The van der Waals surface area contributed by atoms with Gasteiger partial charge in [-0.1, -0.05) is 6.07 Å². The van der Waals surface area contributed by atoms with Crippen LogP contribution in [0.2, 0.25) is 0 Å². The SMILES string of the molecule is O=C(CN1C(=O)C(=O)c2cccc(F)c21)c1ccco1. The zero-order valence-corrected chi connectivity index (χ0v) is 10.1. The molecule has 0 bridgehead atoms. The fourth-order valence-electron chi connectivity index (χ4n) is 2.12. The first-order chi connectivity index (χ1) is 9.59. The van der Waals surface area contributed by atoms with Crippen LogP contribution in [0.3, 0.4) is 0 Å². The molecule has 3 rings (SSSR count). The standard InChI is InChI=1S/C14H8FNO4/c15-9-4-1-3-8-12(9)16(14(19)13(8)18)7-10(17)11-5-2-6-20-11/h1-6H,7H2. The highest BCUT2D eigenvalue weighted by atomic mass is 19.1. The van der Waals surface area contributed by atoms with Gasteiger partial charge in [-0.15, -0.1) is 0 Å². The van der Waals surface area contributed by atoms with Crippen LogP contribution in [0.4, 0.5) is 10.1 Å². The van der Waals surface area contributed by atoms with Crippen molar-refractivity contribution in [2.75, 3.05) is 11.4 Å². The van der Waals surface area contributed by atoms with Crippen molar-refractivity contribution < 1.29 is 23.2 Å². The molecular formula is C14H8FNO4. The number of Topliss-reactive ketones (excluding diaryl/α,β-unsaturated/α-hetero) is 2. The van der Waals surface area contributed by atoms with Crippen molar-refractivity contribution in [3.63, 3.8) is 0 Å². The smallest absolute Gasteiger partial charge is 0.299 e. The Morgan fingerprint density at radius 1 is 1.20 bits per heavy atom. The number of hydrogen-bond donors (Lipinski definition) is 0. The number of amides is 1. The summed E-state index contributed by atoms with van der Waals surface area (Å²) in [5.41, 5.74) is -0.176. The Kier molecular flexibility index (Phi) is 2.71. The van der Waals surface area contributed by atoms with Gasteiger partial charge in [-0.25, -0.2) is 4.39 Å². The first kappa shape index (κ1) is 12.3. The molecule has 100 valence electrons. The van der Waals surface area contributed by atoms with E-state index in [0.717, 1.165) is 11.0 Å². The van der Waals surface area contributed by atoms with Gasteiger partial charge >= 0.3 is 0 Å². The van der Waals surface area contributed by atoms with Gasteiger partial charge in [0.25, 0.3) is 11.7 Å². The summed E-state index contributed by atoms with van der Waals surface area (Å²) < 4.78 is 18.7. The maximum Gasteiger partial charge on any atom is 0.299 e. The molecule has 1 amide bonds. The van der Waals surface area contributed by atoms with E-state index in [2.05, 4.69) is 0 Å². The minimum Gasteiger partial charge on any atom is -0.461 e. The molecule has 0 fully saturated rings. The third-order valence-electron chi connectivity index (χ3n) is 3.04. The van der Waals surface area contributed by atoms with Crippen molar-refractivity contribution in [3.05, 3.63) is 53.7 Å². The minimum absolute atomic E-state index is 0.0257. The van der Waals surface area contributed by atoms with Gasteiger partial charge in [0.05, 0.1) is 24.1 Å². The second-order valence-electron chi connectivity index (χ2n) is 4.26. The van der Waals surface area contributed by atoms with E-state index in [1.807, 2.05) is 0 Å². The number of nitrogens with zero attached hydrogens (tertiary/aromatic N) is 1. The highest BCUT2D eigenvalue weighted by Crippen LogP contribution is 2.31. The predicted molar refractivity (Wildman–Crippen MR) is 66.1 cm³/mol. The number of halogens is 1. The van der Waals surface area contributed by atoms with Crippen LogP contribution < -0.4 is 4.90 Å². The molecule has 0 N–H and O–H groups in total. The Bertz CT molecular complexity index is 721. The fraction of sp³-hybridized carbons (Fsp3) is 0.0714. The number of rotatable bonds is 3. The lowest BCUT2D eigenvalue weighted by atomic mass is 10.1. The lowest BCUT2D eigenvalue weighted by Gasteiger charge is -2.15. The van der Waals surface area contributed by atoms with Crippen molar-refractivity contribution in [2.24, 2.45) is 0 Å². The summed E-state index contributed by atoms with van der Waals surface area (Å²) in [6.07, 6.45) is 1.32. The molecule has 0 saturated heterocycles. The molecule has 2 heterocycles. The Morgan fingerprint density at radius 2 is 2.00 bits per heavy atom. The van der Waals surface area contributed by atoms with Crippen LogP contribution in [0.25, 0.3) is 0 Å². The molecule has 1 aromatic heterocycles. The molecule has 1 aromatic carbocycles. The quantitative estimate of drug-likeness (QED) is 0.632. The van der Waals surface area contributed by atoms with Crippen LogP contribution in [0, 0.1) is 5.82 Å². The Labute approximate surface area is 112 Å². The third kappa shape index (κ3) is 1.73. The maximum absolute atomic E-state index is 13.8. The lowest BCUT2D eigenvalue weighted by Crippen LogP contribution is -2.35. The summed E-state index contributed by atoms with van der Waals surface area (Å²) in [7, 11) is 0. The lowest BCUT2D eigenvalue weighted by molar-refractivity contribution is -0.114. The molecule has 2 aromatic rings. The Hall–Kier alpha value is -2.76. The van der Waals surface area contributed by atoms with E-state index in [-0.39, 0.29) is 17.0 Å². The van der Waals surface area contributed by atoms with Gasteiger partial charge in [0, 0.05) is 0 Å². The van der Waals surface area contributed by atoms with Crippen molar-refractivity contribution >= 4 is 23.2 Å². The highest BCUT2D eigenvalue weighted by molar-refractivity contribution is 6.52. The molecule has 1 aliphatic heterocycles. The number of anilines is 1. The van der Waals surface area contributed by atoms with E-state index in [0.29, 0.717) is 0 Å². The zero-order valence-electron chi connectivity index (χ0n) is 10.1. The number of benzene rings is 1. The number of para-hydroxylation sites is 1. The average molecular weight is 273 g/mol. The van der Waals surface area contributed by atoms with Crippen molar-refractivity contribution in [1.82, 2.24) is 0 Å². The van der Waals surface area contributed by atoms with Crippen LogP contribution in [0.5, 0.6) is 0 Å². The van der Waals surface area contributed by atoms with Crippen LogP contribution in [0.15, 0.2) is 41.0 Å². The van der Waals surface area contributed by atoms with E-state index in [4.69, 9.17) is 4.42 Å². The molecule has 6 heteroatoms. The predicted octanol–water partition coefficient (Wildman–Crippen LogP) is 1.83. The first-order valence-corrected chi connectivity index (χ1v) is 5.81. The fourth-order valence-corrected chi connectivity index (χ4v) is 2.12. The molecule has 0 spiro atoms. The third-order valence-corrected chi connectivity index (χ3v) is 3.04. The number of carbonyl (C=O) groups is 3. The van der Waals surface area contributed by atoms with Gasteiger partial charge in [-0.2, -0.15) is 0 Å². The van der Waals surface area contributed by atoms with E-state index in [9.17, 15) is 18.8 Å². The second kappa shape index (κ2) is 4.41. The van der Waals surface area contributed by atoms with E-state index in [1.165, 1.54) is 30.5 Å². The van der Waals surface area contributed by atoms with Crippen molar-refractivity contribution in [3.8, 4) is 0 Å². The second-order valence-corrected chi connectivity index (χ2v) is 4.26. The van der Waals surface area contributed by atoms with Crippen LogP contribution in [0.1, 0.15) is 20.9 Å². The zero-order chi connectivity index (χ0) is 14.3. The van der Waals surface area contributed by atoms with Crippen LogP contribution in [-0.4, -0.2) is 24.0 Å². The molecule has 5 nitrogen and oxygen atoms in total. The maximum atomic E-state index is 13.8. The highest BCUT2D eigenvalue weighted by Gasteiger charge is 2.39. The molecular weight excluding hydrogens is 265 g/mol. The van der Waals surface area contributed by atoms with Crippen molar-refractivity contribution in [1.29, 1.82) is 0 Å². The molecule has 0 saturated carbocycles. The average Bonchev–Trinajstić information content (AvgIpc) is 3.03. The summed E-state index contributed by atoms with van der Waals surface area (Å²) in [6, 6.07) is 6.80. The van der Waals surface area contributed by atoms with E-state index >= 15 is 0 Å². The number of hydrogen-bond acceptors (Lipinski definition) is 4. The monoisotopic (exact) mass is 273 g/mol. The Balaban J connectivity index is 1.97. The molecule has 0 atom stereocenters. The minimum atomic E-state index is -0.912. The van der Waals surface area contributed by atoms with Gasteiger partial charge in [0.15, 0.2) is 5.76 Å². The number of ketones is 2. The van der Waals surface area contributed by atoms with Gasteiger partial charge in [-0.05, 0) is 24.3 Å². The summed E-state index contributed by atoms with van der Waals surface area (Å²) in [5.74, 6) is -2.90. The topological polar surface area (TPSA) is 67.6 Å². The largest absolute Gasteiger partial charge is 0.461 e. The van der Waals surface area contributed by atoms with Crippen LogP contribution >= 0.6 is 0 Å². The van der Waals surface area contributed by atoms with E-state index < -0.39 is 29.8 Å². The van der Waals surface area contributed by atoms with Gasteiger partial charge in [0.2, 0.25) is 5.78 Å². The Morgan fingerprint density at radius 3 is 2.70 bits per heavy atom. The number of carbonyl (C=O) groups excluding carboxylic acids is 3. The first-order valence-electron chi connectivity index (χ1n) is 5.81. The summed E-state index contributed by atoms with van der Waals surface area (Å²) in [5, 5.41) is 0. The van der Waals surface area contributed by atoms with E-state index in [1.54, 1.807) is 0 Å². The molecule has 20 heavy (non-hydrogen) atoms. The molecule has 0 radical (unpaired) electrons. The normalized spacial score (nSPS) is 13.8. The van der Waals surface area contributed by atoms with Crippen LogP contribution in [-0.2, 0) is 4.79 Å². The number of furan rings is 1. The summed E-state index contributed by atoms with van der Waals surface area (Å²) >= 11 is 0. The van der Waals surface area contributed by atoms with Gasteiger partial charge < -0.3 is 4.42 Å². The van der Waals surface area contributed by atoms with Gasteiger partial charge in [-0.3, -0.25) is 19.3 Å². The summed E-state index contributed by atoms with van der Waals surface area (Å²) in [4.78, 5) is 36.3. The molecule has 0 unspecified atom stereocenters.